The van der Waals surface area contributed by atoms with Gasteiger partial charge in [0.2, 0.25) is 0 Å². The summed E-state index contributed by atoms with van der Waals surface area (Å²) in [6.07, 6.45) is 16.1. The van der Waals surface area contributed by atoms with Crippen molar-refractivity contribution in [2.75, 3.05) is 0 Å². The topological polar surface area (TPSA) is 36.9 Å². The summed E-state index contributed by atoms with van der Waals surface area (Å²) in [5.74, 6) is 0. The average molecular weight is 671 g/mol. The van der Waals surface area contributed by atoms with Gasteiger partial charge in [-0.3, -0.25) is 0 Å². The molecule has 2 saturated heterocycles. The van der Waals surface area contributed by atoms with Crippen molar-refractivity contribution < 1.29 is 18.6 Å². The minimum absolute atomic E-state index is 0.300. The fraction of sp³-hybridized carbons (Fsp3) is 0.778. The monoisotopic (exact) mass is 670 g/mol. The lowest BCUT2D eigenvalue weighted by molar-refractivity contribution is 0.00578. The summed E-state index contributed by atoms with van der Waals surface area (Å²) in [5, 5.41) is 3.34. The Morgan fingerprint density at radius 2 is 0.822 bits per heavy atom. The maximum atomic E-state index is 6.61. The van der Waals surface area contributed by atoms with Gasteiger partial charge in [0.1, 0.15) is 8.07 Å². The quantitative estimate of drug-likeness (QED) is 0.132. The number of unbranched alkanes of at least 4 members (excludes halogenated alkanes) is 10. The second kappa shape index (κ2) is 13.8. The average Bonchev–Trinajstić information content (AvgIpc) is 3.71. The summed E-state index contributed by atoms with van der Waals surface area (Å²) in [5.41, 5.74) is -1.35. The molecule has 0 saturated carbocycles. The first-order valence-electron chi connectivity index (χ1n) is 18.2. The van der Waals surface area contributed by atoms with Crippen LogP contribution >= 0.6 is 22.7 Å². The maximum Gasteiger partial charge on any atom is 0.505 e. The Kier molecular flexibility index (Phi) is 11.0. The number of fused-ring (bicyclic) bond motifs is 3. The Balaban J connectivity index is 1.51. The van der Waals surface area contributed by atoms with Gasteiger partial charge in [0.25, 0.3) is 0 Å². The summed E-state index contributed by atoms with van der Waals surface area (Å²) in [7, 11) is -2.61. The van der Waals surface area contributed by atoms with Gasteiger partial charge in [-0.15, -0.1) is 22.7 Å². The minimum Gasteiger partial charge on any atom is -0.399 e. The molecule has 0 aromatic carbocycles. The van der Waals surface area contributed by atoms with E-state index < -0.39 is 8.07 Å². The van der Waals surface area contributed by atoms with Crippen LogP contribution in [-0.2, 0) is 18.6 Å². The molecular weight excluding hydrogens is 610 g/mol. The Labute approximate surface area is 285 Å². The lowest BCUT2D eigenvalue weighted by Crippen LogP contribution is -2.55. The van der Waals surface area contributed by atoms with Crippen LogP contribution < -0.4 is 19.9 Å². The van der Waals surface area contributed by atoms with Crippen LogP contribution in [-0.4, -0.2) is 44.7 Å². The molecule has 0 amide bonds. The molecule has 0 atom stereocenters. The third kappa shape index (κ3) is 7.03. The van der Waals surface area contributed by atoms with Crippen molar-refractivity contribution in [2.24, 2.45) is 0 Å². The molecule has 3 aliphatic heterocycles. The second-order valence-corrected chi connectivity index (χ2v) is 22.5. The Morgan fingerprint density at radius 3 is 1.16 bits per heavy atom. The van der Waals surface area contributed by atoms with Gasteiger partial charge in [-0.05, 0) is 77.9 Å². The van der Waals surface area contributed by atoms with Crippen LogP contribution in [0.25, 0.3) is 9.75 Å². The zero-order valence-corrected chi connectivity index (χ0v) is 32.8. The highest BCUT2D eigenvalue weighted by Gasteiger charge is 2.56. The van der Waals surface area contributed by atoms with Crippen LogP contribution in [0.15, 0.2) is 12.1 Å². The number of hydrogen-bond donors (Lipinski definition) is 0. The van der Waals surface area contributed by atoms with Crippen molar-refractivity contribution in [2.45, 2.75) is 181 Å². The highest BCUT2D eigenvalue weighted by atomic mass is 32.1. The number of rotatable bonds is 16. The zero-order valence-electron chi connectivity index (χ0n) is 30.2. The van der Waals surface area contributed by atoms with Gasteiger partial charge in [-0.1, -0.05) is 103 Å². The van der Waals surface area contributed by atoms with Gasteiger partial charge in [-0.25, -0.2) is 0 Å². The van der Waals surface area contributed by atoms with Crippen LogP contribution in [0.3, 0.4) is 0 Å². The summed E-state index contributed by atoms with van der Waals surface area (Å²) >= 11 is 3.87. The van der Waals surface area contributed by atoms with Crippen LogP contribution in [0.4, 0.5) is 0 Å². The first-order chi connectivity index (χ1) is 21.2. The number of hydrogen-bond acceptors (Lipinski definition) is 6. The predicted octanol–water partition coefficient (Wildman–Crippen LogP) is 8.67. The van der Waals surface area contributed by atoms with Crippen molar-refractivity contribution in [3.05, 3.63) is 12.1 Å². The lowest BCUT2D eigenvalue weighted by Gasteiger charge is -2.32. The molecule has 0 N–H and O–H groups in total. The Hall–Kier alpha value is -0.413. The first kappa shape index (κ1) is 35.9. The van der Waals surface area contributed by atoms with Gasteiger partial charge in [0.15, 0.2) is 0 Å². The van der Waals surface area contributed by atoms with E-state index in [0.717, 1.165) is 0 Å². The van der Waals surface area contributed by atoms with Crippen LogP contribution in [0.1, 0.15) is 146 Å². The van der Waals surface area contributed by atoms with E-state index in [1.807, 2.05) is 22.7 Å². The van der Waals surface area contributed by atoms with E-state index in [4.69, 9.17) is 18.6 Å². The van der Waals surface area contributed by atoms with E-state index in [1.165, 1.54) is 108 Å². The molecule has 5 rings (SSSR count). The molecule has 0 bridgehead atoms. The van der Waals surface area contributed by atoms with Crippen molar-refractivity contribution in [1.29, 1.82) is 0 Å². The standard InChI is InChI=1S/C36H60B2O4S2Si/c1-11-13-15-17-19-21-23-45(24-22-20-18-16-14-12-2)27-25-29(37-39-33(3,4)34(5,6)40-37)43-31(27)32-28(45)26-30(44-32)38-41-35(7,8)36(9,10)42-38/h25-26H,11-24H2,1-10H3. The molecule has 0 spiro atoms. The summed E-state index contributed by atoms with van der Waals surface area (Å²) in [6, 6.07) is 7.77. The zero-order chi connectivity index (χ0) is 32.7. The fourth-order valence-corrected chi connectivity index (χ4v) is 16.6. The number of thiophene rings is 2. The molecule has 0 radical (unpaired) electrons. The summed E-state index contributed by atoms with van der Waals surface area (Å²) < 4.78 is 29.0. The predicted molar refractivity (Wildman–Crippen MR) is 200 cm³/mol. The van der Waals surface area contributed by atoms with E-state index in [1.54, 1.807) is 10.4 Å². The molecule has 0 unspecified atom stereocenters. The van der Waals surface area contributed by atoms with E-state index >= 15 is 0 Å². The molecule has 0 aliphatic carbocycles. The molecule has 2 aromatic rings. The molecule has 2 aromatic heterocycles. The Morgan fingerprint density at radius 1 is 0.511 bits per heavy atom. The SMILES string of the molecule is CCCCCCCC[Si]1(CCCCCCCC)c2cc(B3OC(C)(C)C(C)(C)O3)sc2-c2sc(B3OC(C)(C)C(C)(C)O3)cc21. The smallest absolute Gasteiger partial charge is 0.399 e. The fourth-order valence-electron chi connectivity index (χ4n) is 7.24. The third-order valence-electron chi connectivity index (χ3n) is 11.6. The lowest BCUT2D eigenvalue weighted by atomic mass is 9.88. The second-order valence-electron chi connectivity index (χ2n) is 16.1. The highest BCUT2D eigenvalue weighted by Crippen LogP contribution is 2.43. The van der Waals surface area contributed by atoms with E-state index in [2.05, 4.69) is 81.4 Å². The van der Waals surface area contributed by atoms with Crippen LogP contribution in [0.2, 0.25) is 12.1 Å². The maximum absolute atomic E-state index is 6.61. The molecule has 45 heavy (non-hydrogen) atoms. The molecular formula is C36H60B2O4S2Si. The normalized spacial score (nSPS) is 21.9. The molecule has 3 aliphatic rings. The van der Waals surface area contributed by atoms with Crippen molar-refractivity contribution >= 4 is 64.9 Å². The third-order valence-corrected chi connectivity index (χ3v) is 19.7. The molecule has 2 fully saturated rings. The molecule has 250 valence electrons. The van der Waals surface area contributed by atoms with Gasteiger partial charge >= 0.3 is 14.2 Å². The summed E-state index contributed by atoms with van der Waals surface area (Å²) in [6.45, 7) is 21.9. The highest BCUT2D eigenvalue weighted by molar-refractivity contribution is 7.36. The molecule has 4 nitrogen and oxygen atoms in total. The molecule has 5 heterocycles. The van der Waals surface area contributed by atoms with Crippen molar-refractivity contribution in [1.82, 2.24) is 0 Å². The van der Waals surface area contributed by atoms with Crippen molar-refractivity contribution in [3.8, 4) is 9.75 Å². The first-order valence-corrected chi connectivity index (χ1v) is 22.2. The van der Waals surface area contributed by atoms with Gasteiger partial charge in [-0.2, -0.15) is 0 Å². The van der Waals surface area contributed by atoms with Gasteiger partial charge in [0.05, 0.1) is 22.4 Å². The van der Waals surface area contributed by atoms with Crippen LogP contribution in [0, 0.1) is 0 Å². The van der Waals surface area contributed by atoms with E-state index in [9.17, 15) is 0 Å². The van der Waals surface area contributed by atoms with Gasteiger partial charge < -0.3 is 18.6 Å². The largest absolute Gasteiger partial charge is 0.505 e. The molecule has 9 heteroatoms. The van der Waals surface area contributed by atoms with Crippen LogP contribution in [0.5, 0.6) is 0 Å². The van der Waals surface area contributed by atoms with Crippen molar-refractivity contribution in [3.63, 3.8) is 0 Å². The van der Waals surface area contributed by atoms with Gasteiger partial charge in [0, 0.05) is 19.3 Å². The Bertz CT molecular complexity index is 1170. The van der Waals surface area contributed by atoms with E-state index in [0.29, 0.717) is 0 Å². The van der Waals surface area contributed by atoms with E-state index in [-0.39, 0.29) is 36.6 Å². The minimum atomic E-state index is -2.02. The summed E-state index contributed by atoms with van der Waals surface area (Å²) in [4.78, 5) is 2.98.